The molecule has 1 aromatic carbocycles. The molecule has 8 N–H and O–H groups in total. The molecule has 2 unspecified atom stereocenters. The van der Waals surface area contributed by atoms with Gasteiger partial charge in [0.1, 0.15) is 6.04 Å². The zero-order valence-corrected chi connectivity index (χ0v) is 20.0. The smallest absolute Gasteiger partial charge is 0.303 e. The number of aliphatic carboxylic acids is 1. The standard InChI is InChI=1S/C24H39N5O5/c1-17(15-21(31)32)22(23(33)29-34)28-20(30)14-8-6-4-2-3-5-7-11-18-12-9-10-13-19(18)16-27-24(25)26/h9-10,12-13,17,22,34H,2-8,11,14-16H2,1H3,(H,28,30)(H,29,33)(H,31,32)(H4,25,26,27). The van der Waals surface area contributed by atoms with Crippen molar-refractivity contribution in [3.05, 3.63) is 35.4 Å². The van der Waals surface area contributed by atoms with E-state index in [2.05, 4.69) is 16.4 Å². The van der Waals surface area contributed by atoms with Crippen molar-refractivity contribution >= 4 is 23.7 Å². The summed E-state index contributed by atoms with van der Waals surface area (Å²) in [6.45, 7) is 2.03. The van der Waals surface area contributed by atoms with Gasteiger partial charge in [0.15, 0.2) is 5.96 Å². The number of unbranched alkanes of at least 4 members (excludes halogenated alkanes) is 6. The zero-order valence-electron chi connectivity index (χ0n) is 20.0. The number of nitrogens with two attached hydrogens (primary N) is 2. The summed E-state index contributed by atoms with van der Waals surface area (Å²) in [5.41, 5.74) is 14.7. The highest BCUT2D eigenvalue weighted by molar-refractivity contribution is 5.87. The number of carbonyl (C=O) groups excluding carboxylic acids is 2. The number of carboxylic acid groups (broad SMARTS) is 1. The average Bonchev–Trinajstić information content (AvgIpc) is 2.79. The van der Waals surface area contributed by atoms with Crippen LogP contribution in [-0.4, -0.2) is 40.1 Å². The van der Waals surface area contributed by atoms with Crippen LogP contribution in [0.25, 0.3) is 0 Å². The fraction of sp³-hybridized carbons (Fsp3) is 0.583. The van der Waals surface area contributed by atoms with Crippen molar-refractivity contribution in [3.8, 4) is 0 Å². The number of nitrogens with one attached hydrogen (secondary N) is 2. The Hall–Kier alpha value is -3.14. The Balaban J connectivity index is 2.21. The van der Waals surface area contributed by atoms with E-state index >= 15 is 0 Å². The Bertz CT molecular complexity index is 811. The first-order valence-electron chi connectivity index (χ1n) is 11.8. The fourth-order valence-corrected chi connectivity index (χ4v) is 3.79. The number of hydrogen-bond donors (Lipinski definition) is 6. The van der Waals surface area contributed by atoms with Crippen LogP contribution < -0.4 is 22.3 Å². The normalized spacial score (nSPS) is 12.4. The molecule has 0 heterocycles. The first kappa shape index (κ1) is 28.9. The van der Waals surface area contributed by atoms with Crippen LogP contribution in [0.3, 0.4) is 0 Å². The molecule has 0 bridgehead atoms. The topological polar surface area (TPSA) is 180 Å². The van der Waals surface area contributed by atoms with E-state index in [0.717, 1.165) is 50.5 Å². The van der Waals surface area contributed by atoms with Crippen molar-refractivity contribution in [1.82, 2.24) is 10.8 Å². The number of nitrogens with zero attached hydrogens (tertiary/aromatic N) is 1. The molecule has 0 fully saturated rings. The van der Waals surface area contributed by atoms with Crippen LogP contribution in [0.4, 0.5) is 0 Å². The van der Waals surface area contributed by atoms with Crippen LogP contribution in [0.2, 0.25) is 0 Å². The third-order valence-electron chi connectivity index (χ3n) is 5.68. The summed E-state index contributed by atoms with van der Waals surface area (Å²) >= 11 is 0. The van der Waals surface area contributed by atoms with E-state index in [1.165, 1.54) is 18.0 Å². The number of benzene rings is 1. The maximum atomic E-state index is 12.1. The van der Waals surface area contributed by atoms with Gasteiger partial charge < -0.3 is 21.9 Å². The highest BCUT2D eigenvalue weighted by Crippen LogP contribution is 2.16. The SMILES string of the molecule is CC(CC(=O)O)C(NC(=O)CCCCCCCCCc1ccccc1CN=C(N)N)C(=O)NO. The Kier molecular flexibility index (Phi) is 14.0. The molecule has 34 heavy (non-hydrogen) atoms. The molecule has 0 aliphatic rings. The largest absolute Gasteiger partial charge is 0.481 e. The number of aryl methyl sites for hydroxylation is 1. The molecule has 2 amide bonds. The second kappa shape index (κ2) is 16.5. The Labute approximate surface area is 201 Å². The van der Waals surface area contributed by atoms with Gasteiger partial charge in [0.2, 0.25) is 5.91 Å². The fourth-order valence-electron chi connectivity index (χ4n) is 3.79. The second-order valence-corrected chi connectivity index (χ2v) is 8.58. The molecule has 10 heteroatoms. The maximum absolute atomic E-state index is 12.1. The summed E-state index contributed by atoms with van der Waals surface area (Å²) in [5, 5.41) is 20.3. The number of aliphatic imine (C=N–C) groups is 1. The van der Waals surface area contributed by atoms with Crippen LogP contribution in [-0.2, 0) is 27.3 Å². The van der Waals surface area contributed by atoms with E-state index in [1.807, 2.05) is 18.2 Å². The average molecular weight is 478 g/mol. The van der Waals surface area contributed by atoms with Crippen LogP contribution in [0.5, 0.6) is 0 Å². The van der Waals surface area contributed by atoms with Gasteiger partial charge in [0, 0.05) is 6.42 Å². The monoisotopic (exact) mass is 477 g/mol. The summed E-state index contributed by atoms with van der Waals surface area (Å²) in [7, 11) is 0. The number of hydrogen-bond acceptors (Lipinski definition) is 5. The number of rotatable bonds is 17. The number of hydroxylamine groups is 1. The minimum Gasteiger partial charge on any atom is -0.481 e. The molecule has 190 valence electrons. The lowest BCUT2D eigenvalue weighted by molar-refractivity contribution is -0.140. The summed E-state index contributed by atoms with van der Waals surface area (Å²) in [6.07, 6.45) is 7.96. The molecule has 0 saturated carbocycles. The molecule has 0 saturated heterocycles. The van der Waals surface area contributed by atoms with Crippen LogP contribution in [0, 0.1) is 5.92 Å². The highest BCUT2D eigenvalue weighted by atomic mass is 16.5. The van der Waals surface area contributed by atoms with E-state index in [4.69, 9.17) is 21.8 Å². The van der Waals surface area contributed by atoms with Crippen LogP contribution in [0.1, 0.15) is 75.8 Å². The van der Waals surface area contributed by atoms with Gasteiger partial charge in [-0.3, -0.25) is 19.6 Å². The third-order valence-corrected chi connectivity index (χ3v) is 5.68. The summed E-state index contributed by atoms with van der Waals surface area (Å²) in [5.74, 6) is -2.78. The van der Waals surface area contributed by atoms with Crippen molar-refractivity contribution in [2.24, 2.45) is 22.4 Å². The van der Waals surface area contributed by atoms with E-state index in [-0.39, 0.29) is 24.7 Å². The minimum atomic E-state index is -1.09. The first-order chi connectivity index (χ1) is 16.2. The zero-order chi connectivity index (χ0) is 25.3. The molecule has 0 spiro atoms. The summed E-state index contributed by atoms with van der Waals surface area (Å²) in [4.78, 5) is 38.9. The van der Waals surface area contributed by atoms with Crippen LogP contribution in [0.15, 0.2) is 29.3 Å². The summed E-state index contributed by atoms with van der Waals surface area (Å²) in [6, 6.07) is 7.08. The number of carbonyl (C=O) groups is 3. The third kappa shape index (κ3) is 12.2. The molecule has 0 aliphatic carbocycles. The predicted molar refractivity (Wildman–Crippen MR) is 130 cm³/mol. The van der Waals surface area contributed by atoms with Crippen molar-refractivity contribution in [2.45, 2.75) is 83.7 Å². The first-order valence-corrected chi connectivity index (χ1v) is 11.8. The molecule has 0 aromatic heterocycles. The van der Waals surface area contributed by atoms with Crippen molar-refractivity contribution in [2.75, 3.05) is 0 Å². The van der Waals surface area contributed by atoms with E-state index in [9.17, 15) is 14.4 Å². The maximum Gasteiger partial charge on any atom is 0.303 e. The second-order valence-electron chi connectivity index (χ2n) is 8.58. The highest BCUT2D eigenvalue weighted by Gasteiger charge is 2.28. The number of amides is 2. The lowest BCUT2D eigenvalue weighted by Gasteiger charge is -2.22. The van der Waals surface area contributed by atoms with Gasteiger partial charge in [-0.05, 0) is 36.3 Å². The van der Waals surface area contributed by atoms with Gasteiger partial charge in [-0.2, -0.15) is 0 Å². The Morgan fingerprint density at radius 2 is 1.56 bits per heavy atom. The molecular weight excluding hydrogens is 438 g/mol. The lowest BCUT2D eigenvalue weighted by atomic mass is 9.97. The van der Waals surface area contributed by atoms with Crippen molar-refractivity contribution < 1.29 is 24.7 Å². The van der Waals surface area contributed by atoms with E-state index in [1.54, 1.807) is 0 Å². The van der Waals surface area contributed by atoms with Gasteiger partial charge in [0.25, 0.3) is 5.91 Å². The van der Waals surface area contributed by atoms with Gasteiger partial charge in [-0.15, -0.1) is 0 Å². The van der Waals surface area contributed by atoms with Gasteiger partial charge in [-0.25, -0.2) is 10.5 Å². The van der Waals surface area contributed by atoms with Gasteiger partial charge in [0.05, 0.1) is 13.0 Å². The number of guanidine groups is 1. The lowest BCUT2D eigenvalue weighted by Crippen LogP contribution is -2.50. The molecule has 0 radical (unpaired) electrons. The quantitative estimate of drug-likeness (QED) is 0.0654. The molecule has 1 rings (SSSR count). The van der Waals surface area contributed by atoms with Gasteiger partial charge >= 0.3 is 5.97 Å². The van der Waals surface area contributed by atoms with Crippen LogP contribution >= 0.6 is 0 Å². The van der Waals surface area contributed by atoms with E-state index < -0.39 is 23.8 Å². The number of carboxylic acids is 1. The van der Waals surface area contributed by atoms with E-state index in [0.29, 0.717) is 13.0 Å². The molecule has 0 aliphatic heterocycles. The van der Waals surface area contributed by atoms with Gasteiger partial charge in [-0.1, -0.05) is 63.3 Å². The van der Waals surface area contributed by atoms with Crippen molar-refractivity contribution in [3.63, 3.8) is 0 Å². The molecule has 1 aromatic rings. The minimum absolute atomic E-state index is 0.0931. The van der Waals surface area contributed by atoms with Crippen molar-refractivity contribution in [1.29, 1.82) is 0 Å². The molecule has 2 atom stereocenters. The Morgan fingerprint density at radius 3 is 2.15 bits per heavy atom. The Morgan fingerprint density at radius 1 is 0.971 bits per heavy atom. The summed E-state index contributed by atoms with van der Waals surface area (Å²) < 4.78 is 0. The predicted octanol–water partition coefficient (Wildman–Crippen LogP) is 2.22. The molecule has 10 nitrogen and oxygen atoms in total. The molecular formula is C24H39N5O5.